The molecule has 2 heteroatoms. The Balaban J connectivity index is 1.32. The van der Waals surface area contributed by atoms with Crippen LogP contribution in [0.25, 0.3) is 6.08 Å². The van der Waals surface area contributed by atoms with E-state index < -0.39 is 0 Å². The standard InChI is InChI=1S/C29H38O2/c1-20(30)31-24-15-17-29(3)23(19-24)11-13-25-26-14-12-22(28(26,2)18-16-27(25)29)10-9-21-7-5-4-6-8-21/h4-10,12,23-27H,11,13-19H2,1-3H3/b10-9+. The highest BCUT2D eigenvalue weighted by Gasteiger charge is 2.58. The Labute approximate surface area is 188 Å². The molecule has 0 spiro atoms. The van der Waals surface area contributed by atoms with Crippen LogP contribution in [0.4, 0.5) is 0 Å². The quantitative estimate of drug-likeness (QED) is 0.485. The molecule has 0 saturated heterocycles. The maximum absolute atomic E-state index is 11.5. The van der Waals surface area contributed by atoms with Gasteiger partial charge in [-0.2, -0.15) is 0 Å². The van der Waals surface area contributed by atoms with Crippen molar-refractivity contribution in [3.05, 3.63) is 53.6 Å². The van der Waals surface area contributed by atoms with Crippen LogP contribution in [-0.4, -0.2) is 12.1 Å². The number of carbonyl (C=O) groups is 1. The summed E-state index contributed by atoms with van der Waals surface area (Å²) >= 11 is 0. The first-order valence-electron chi connectivity index (χ1n) is 12.5. The van der Waals surface area contributed by atoms with Gasteiger partial charge in [0.2, 0.25) is 0 Å². The highest BCUT2D eigenvalue weighted by Crippen LogP contribution is 2.66. The van der Waals surface area contributed by atoms with Crippen molar-refractivity contribution in [1.82, 2.24) is 0 Å². The summed E-state index contributed by atoms with van der Waals surface area (Å²) in [4.78, 5) is 11.5. The third-order valence-corrected chi connectivity index (χ3v) is 9.85. The molecule has 7 unspecified atom stereocenters. The van der Waals surface area contributed by atoms with Crippen LogP contribution in [0.15, 0.2) is 48.1 Å². The fourth-order valence-corrected chi connectivity index (χ4v) is 8.17. The minimum Gasteiger partial charge on any atom is -0.463 e. The lowest BCUT2D eigenvalue weighted by Crippen LogP contribution is -2.53. The summed E-state index contributed by atoms with van der Waals surface area (Å²) in [5.41, 5.74) is 3.64. The normalized spacial score (nSPS) is 41.8. The van der Waals surface area contributed by atoms with E-state index in [0.717, 1.165) is 36.5 Å². The number of carbonyl (C=O) groups excluding carboxylic acids is 1. The van der Waals surface area contributed by atoms with E-state index in [1.54, 1.807) is 12.5 Å². The Hall–Kier alpha value is -1.83. The molecule has 1 aromatic carbocycles. The molecule has 0 amide bonds. The highest BCUT2D eigenvalue weighted by atomic mass is 16.5. The van der Waals surface area contributed by atoms with Gasteiger partial charge in [-0.3, -0.25) is 4.79 Å². The molecular formula is C29H38O2. The van der Waals surface area contributed by atoms with Gasteiger partial charge < -0.3 is 4.74 Å². The molecular weight excluding hydrogens is 380 g/mol. The number of hydrogen-bond acceptors (Lipinski definition) is 2. The predicted molar refractivity (Wildman–Crippen MR) is 126 cm³/mol. The van der Waals surface area contributed by atoms with Gasteiger partial charge in [-0.05, 0) is 97.0 Å². The predicted octanol–water partition coefficient (Wildman–Crippen LogP) is 7.21. The molecule has 0 heterocycles. The molecule has 0 N–H and O–H groups in total. The van der Waals surface area contributed by atoms with Crippen LogP contribution in [0.1, 0.15) is 77.7 Å². The van der Waals surface area contributed by atoms with E-state index in [1.807, 2.05) is 0 Å². The molecule has 4 aliphatic carbocycles. The van der Waals surface area contributed by atoms with E-state index in [4.69, 9.17) is 4.74 Å². The lowest BCUT2D eigenvalue weighted by Gasteiger charge is -2.60. The topological polar surface area (TPSA) is 26.3 Å². The van der Waals surface area contributed by atoms with E-state index in [2.05, 4.69) is 62.4 Å². The van der Waals surface area contributed by atoms with E-state index >= 15 is 0 Å². The fraction of sp³-hybridized carbons (Fsp3) is 0.621. The fourth-order valence-electron chi connectivity index (χ4n) is 8.17. The minimum atomic E-state index is -0.108. The molecule has 1 aromatic rings. The van der Waals surface area contributed by atoms with Crippen LogP contribution in [0.5, 0.6) is 0 Å². The number of allylic oxidation sites excluding steroid dienone is 3. The van der Waals surface area contributed by atoms with Crippen molar-refractivity contribution in [1.29, 1.82) is 0 Å². The van der Waals surface area contributed by atoms with Gasteiger partial charge >= 0.3 is 5.97 Å². The Kier molecular flexibility index (Phi) is 5.39. The van der Waals surface area contributed by atoms with Gasteiger partial charge in [0.05, 0.1) is 0 Å². The monoisotopic (exact) mass is 418 g/mol. The van der Waals surface area contributed by atoms with Gasteiger partial charge in [0.15, 0.2) is 0 Å². The molecule has 0 aromatic heterocycles. The molecule has 3 fully saturated rings. The zero-order valence-electron chi connectivity index (χ0n) is 19.5. The molecule has 3 saturated carbocycles. The molecule has 4 aliphatic rings. The third kappa shape index (κ3) is 3.60. The van der Waals surface area contributed by atoms with Gasteiger partial charge in [-0.1, -0.05) is 62.4 Å². The molecule has 166 valence electrons. The third-order valence-electron chi connectivity index (χ3n) is 9.85. The number of rotatable bonds is 3. The number of hydrogen-bond donors (Lipinski definition) is 0. The summed E-state index contributed by atoms with van der Waals surface area (Å²) in [6.45, 7) is 6.69. The Morgan fingerprint density at radius 3 is 2.58 bits per heavy atom. The van der Waals surface area contributed by atoms with Crippen molar-refractivity contribution in [3.8, 4) is 0 Å². The Morgan fingerprint density at radius 2 is 1.81 bits per heavy atom. The van der Waals surface area contributed by atoms with E-state index in [1.165, 1.54) is 44.1 Å². The molecule has 31 heavy (non-hydrogen) atoms. The maximum atomic E-state index is 11.5. The SMILES string of the molecule is CC(=O)OC1CCC2(C)C(CCC3C4CC=C(/C=C/c5ccccc5)C4(C)CCC32)C1. The molecule has 0 radical (unpaired) electrons. The van der Waals surface area contributed by atoms with E-state index in [0.29, 0.717) is 10.8 Å². The molecule has 2 nitrogen and oxygen atoms in total. The highest BCUT2D eigenvalue weighted by molar-refractivity contribution is 5.66. The lowest BCUT2D eigenvalue weighted by molar-refractivity contribution is -0.158. The molecule has 7 atom stereocenters. The molecule has 5 rings (SSSR count). The van der Waals surface area contributed by atoms with Crippen molar-refractivity contribution < 1.29 is 9.53 Å². The van der Waals surface area contributed by atoms with E-state index in [9.17, 15) is 4.79 Å². The maximum Gasteiger partial charge on any atom is 0.302 e. The summed E-state index contributed by atoms with van der Waals surface area (Å²) in [6.07, 6.45) is 17.4. The van der Waals surface area contributed by atoms with Crippen LogP contribution in [0, 0.1) is 34.5 Å². The number of esters is 1. The van der Waals surface area contributed by atoms with Crippen LogP contribution < -0.4 is 0 Å². The van der Waals surface area contributed by atoms with E-state index in [-0.39, 0.29) is 12.1 Å². The van der Waals surface area contributed by atoms with Gasteiger partial charge in [0.25, 0.3) is 0 Å². The summed E-state index contributed by atoms with van der Waals surface area (Å²) in [6, 6.07) is 10.7. The average molecular weight is 419 g/mol. The number of benzene rings is 1. The molecule has 0 bridgehead atoms. The number of fused-ring (bicyclic) bond motifs is 5. The smallest absolute Gasteiger partial charge is 0.302 e. The average Bonchev–Trinajstić information content (AvgIpc) is 3.09. The van der Waals surface area contributed by atoms with Crippen LogP contribution in [-0.2, 0) is 9.53 Å². The zero-order valence-corrected chi connectivity index (χ0v) is 19.5. The van der Waals surface area contributed by atoms with Gasteiger partial charge in [-0.25, -0.2) is 0 Å². The first-order chi connectivity index (χ1) is 14.9. The van der Waals surface area contributed by atoms with Crippen molar-refractivity contribution in [2.45, 2.75) is 78.2 Å². The Morgan fingerprint density at radius 1 is 1.00 bits per heavy atom. The van der Waals surface area contributed by atoms with Gasteiger partial charge in [0.1, 0.15) is 6.10 Å². The first kappa shape index (κ1) is 21.0. The van der Waals surface area contributed by atoms with Crippen LogP contribution >= 0.6 is 0 Å². The van der Waals surface area contributed by atoms with Crippen molar-refractivity contribution in [3.63, 3.8) is 0 Å². The van der Waals surface area contributed by atoms with Crippen molar-refractivity contribution in [2.75, 3.05) is 0 Å². The lowest BCUT2D eigenvalue weighted by atomic mass is 9.44. The summed E-state index contributed by atoms with van der Waals surface area (Å²) in [5.74, 6) is 3.11. The largest absolute Gasteiger partial charge is 0.463 e. The zero-order chi connectivity index (χ0) is 21.6. The summed E-state index contributed by atoms with van der Waals surface area (Å²) < 4.78 is 5.63. The van der Waals surface area contributed by atoms with Gasteiger partial charge in [-0.15, -0.1) is 0 Å². The van der Waals surface area contributed by atoms with Crippen LogP contribution in [0.3, 0.4) is 0 Å². The van der Waals surface area contributed by atoms with Crippen molar-refractivity contribution in [2.24, 2.45) is 34.5 Å². The second kappa shape index (κ2) is 7.94. The number of ether oxygens (including phenoxy) is 1. The first-order valence-corrected chi connectivity index (χ1v) is 12.5. The summed E-state index contributed by atoms with van der Waals surface area (Å²) in [7, 11) is 0. The Bertz CT molecular complexity index is 883. The summed E-state index contributed by atoms with van der Waals surface area (Å²) in [5, 5.41) is 0. The van der Waals surface area contributed by atoms with Crippen LogP contribution in [0.2, 0.25) is 0 Å². The second-order valence-corrected chi connectivity index (χ2v) is 11.3. The van der Waals surface area contributed by atoms with Crippen molar-refractivity contribution >= 4 is 12.0 Å². The molecule has 0 aliphatic heterocycles. The van der Waals surface area contributed by atoms with Gasteiger partial charge in [0, 0.05) is 6.92 Å². The minimum absolute atomic E-state index is 0.108. The second-order valence-electron chi connectivity index (χ2n) is 11.3.